The van der Waals surface area contributed by atoms with Crippen LogP contribution in [-0.4, -0.2) is 23.2 Å². The molecule has 1 aliphatic heterocycles. The van der Waals surface area contributed by atoms with Crippen molar-refractivity contribution < 1.29 is 14.0 Å². The molecule has 0 spiro atoms. The SMILES string of the molecule is Cc1ccc(C2C3=C(CC(C)(C)CC3=O)Nc3ccccc3N2CC(=O)NCc2cccnc2)o1. The monoisotopic (exact) mass is 470 g/mol. The minimum absolute atomic E-state index is 0.0663. The summed E-state index contributed by atoms with van der Waals surface area (Å²) in [6.45, 7) is 6.56. The third-order valence-electron chi connectivity index (χ3n) is 6.56. The smallest absolute Gasteiger partial charge is 0.239 e. The molecule has 7 heteroatoms. The van der Waals surface area contributed by atoms with E-state index in [2.05, 4.69) is 29.5 Å². The molecule has 5 rings (SSSR count). The topological polar surface area (TPSA) is 87.5 Å². The summed E-state index contributed by atoms with van der Waals surface area (Å²) < 4.78 is 6.09. The van der Waals surface area contributed by atoms with Crippen LogP contribution in [0.4, 0.5) is 11.4 Å². The maximum atomic E-state index is 13.6. The Kier molecular flexibility index (Phi) is 5.93. The van der Waals surface area contributed by atoms with Crippen molar-refractivity contribution in [3.8, 4) is 0 Å². The van der Waals surface area contributed by atoms with Gasteiger partial charge in [-0.25, -0.2) is 0 Å². The molecular weight excluding hydrogens is 440 g/mol. The number of allylic oxidation sites excluding steroid dienone is 1. The zero-order chi connectivity index (χ0) is 24.6. The van der Waals surface area contributed by atoms with Gasteiger partial charge in [0.05, 0.1) is 17.9 Å². The van der Waals surface area contributed by atoms with Gasteiger partial charge in [-0.15, -0.1) is 0 Å². The van der Waals surface area contributed by atoms with Crippen molar-refractivity contribution in [2.24, 2.45) is 5.41 Å². The first-order chi connectivity index (χ1) is 16.8. The molecule has 2 aliphatic rings. The molecule has 1 atom stereocenters. The van der Waals surface area contributed by atoms with Gasteiger partial charge in [0, 0.05) is 36.6 Å². The highest BCUT2D eigenvalue weighted by atomic mass is 16.3. The summed E-state index contributed by atoms with van der Waals surface area (Å²) in [5, 5.41) is 6.55. The van der Waals surface area contributed by atoms with Gasteiger partial charge in [0.15, 0.2) is 5.78 Å². The first-order valence-electron chi connectivity index (χ1n) is 11.9. The van der Waals surface area contributed by atoms with Crippen molar-refractivity contribution in [3.05, 3.63) is 89.3 Å². The molecule has 1 amide bonds. The van der Waals surface area contributed by atoms with E-state index in [1.165, 1.54) is 0 Å². The number of Topliss-reactive ketones (excluding diaryl/α,β-unsaturated/α-hetero) is 1. The van der Waals surface area contributed by atoms with Crippen LogP contribution in [-0.2, 0) is 16.1 Å². The van der Waals surface area contributed by atoms with Crippen LogP contribution in [0.1, 0.15) is 49.8 Å². The fourth-order valence-corrected chi connectivity index (χ4v) is 5.04. The van der Waals surface area contributed by atoms with E-state index in [1.54, 1.807) is 12.4 Å². The second-order valence-electron chi connectivity index (χ2n) is 10.1. The van der Waals surface area contributed by atoms with Gasteiger partial charge in [-0.05, 0) is 54.7 Å². The Morgan fingerprint density at radius 2 is 2.00 bits per heavy atom. The second-order valence-corrected chi connectivity index (χ2v) is 10.1. The Morgan fingerprint density at radius 1 is 1.17 bits per heavy atom. The van der Waals surface area contributed by atoms with Gasteiger partial charge in [-0.1, -0.05) is 32.0 Å². The summed E-state index contributed by atoms with van der Waals surface area (Å²) in [5.74, 6) is 1.35. The highest BCUT2D eigenvalue weighted by molar-refractivity contribution is 6.01. The zero-order valence-corrected chi connectivity index (χ0v) is 20.3. The Balaban J connectivity index is 1.56. The number of aryl methyl sites for hydroxylation is 1. The summed E-state index contributed by atoms with van der Waals surface area (Å²) in [7, 11) is 0. The molecule has 3 heterocycles. The van der Waals surface area contributed by atoms with Crippen LogP contribution in [0, 0.1) is 12.3 Å². The van der Waals surface area contributed by atoms with E-state index in [4.69, 9.17) is 4.42 Å². The van der Waals surface area contributed by atoms with E-state index in [9.17, 15) is 9.59 Å². The Labute approximate surface area is 205 Å². The van der Waals surface area contributed by atoms with E-state index in [0.717, 1.165) is 34.8 Å². The maximum Gasteiger partial charge on any atom is 0.239 e. The van der Waals surface area contributed by atoms with E-state index >= 15 is 0 Å². The number of fused-ring (bicyclic) bond motifs is 1. The van der Waals surface area contributed by atoms with Crippen LogP contribution in [0.5, 0.6) is 0 Å². The Bertz CT molecular complexity index is 1290. The number of furan rings is 1. The number of anilines is 2. The van der Waals surface area contributed by atoms with Crippen LogP contribution in [0.25, 0.3) is 0 Å². The van der Waals surface area contributed by atoms with Gasteiger partial charge < -0.3 is 20.0 Å². The third-order valence-corrected chi connectivity index (χ3v) is 6.56. The first kappa shape index (κ1) is 22.9. The average molecular weight is 471 g/mol. The number of aromatic nitrogens is 1. The number of hydrogen-bond acceptors (Lipinski definition) is 6. The number of para-hydroxylation sites is 2. The normalized spacial score (nSPS) is 18.9. The van der Waals surface area contributed by atoms with E-state index in [-0.39, 0.29) is 23.7 Å². The molecule has 0 saturated heterocycles. The van der Waals surface area contributed by atoms with Crippen LogP contribution in [0.2, 0.25) is 0 Å². The number of amides is 1. The molecule has 0 radical (unpaired) electrons. The lowest BCUT2D eigenvalue weighted by molar-refractivity contribution is -0.121. The summed E-state index contributed by atoms with van der Waals surface area (Å²) >= 11 is 0. The maximum absolute atomic E-state index is 13.6. The fraction of sp³-hybridized carbons (Fsp3) is 0.321. The lowest BCUT2D eigenvalue weighted by Gasteiger charge is -2.36. The molecule has 1 aromatic carbocycles. The van der Waals surface area contributed by atoms with Gasteiger partial charge in [0.1, 0.15) is 17.6 Å². The first-order valence-corrected chi connectivity index (χ1v) is 11.9. The minimum Gasteiger partial charge on any atom is -0.464 e. The van der Waals surface area contributed by atoms with E-state index < -0.39 is 6.04 Å². The minimum atomic E-state index is -0.511. The van der Waals surface area contributed by atoms with Gasteiger partial charge in [0.2, 0.25) is 5.91 Å². The molecule has 2 aromatic heterocycles. The van der Waals surface area contributed by atoms with Crippen molar-refractivity contribution in [2.75, 3.05) is 16.8 Å². The number of carbonyl (C=O) groups is 2. The van der Waals surface area contributed by atoms with Crippen molar-refractivity contribution >= 4 is 23.1 Å². The predicted octanol–water partition coefficient (Wildman–Crippen LogP) is 4.92. The van der Waals surface area contributed by atoms with Crippen molar-refractivity contribution in [1.82, 2.24) is 10.3 Å². The Morgan fingerprint density at radius 3 is 2.74 bits per heavy atom. The standard InChI is InChI=1S/C28H30N4O3/c1-18-10-11-24(35-18)27-26-21(13-28(2,3)14-23(26)33)31-20-8-4-5-9-22(20)32(27)17-25(34)30-16-19-7-6-12-29-15-19/h4-12,15,27,31H,13-14,16-17H2,1-3H3,(H,30,34). The number of nitrogens with zero attached hydrogens (tertiary/aromatic N) is 2. The third kappa shape index (κ3) is 4.71. The molecular formula is C28H30N4O3. The van der Waals surface area contributed by atoms with Gasteiger partial charge in [-0.3, -0.25) is 14.6 Å². The summed E-state index contributed by atoms with van der Waals surface area (Å²) in [5.41, 5.74) is 4.06. The van der Waals surface area contributed by atoms with Crippen LogP contribution in [0.15, 0.2) is 76.6 Å². The molecule has 0 bridgehead atoms. The fourth-order valence-electron chi connectivity index (χ4n) is 5.04. The van der Waals surface area contributed by atoms with Crippen LogP contribution >= 0.6 is 0 Å². The summed E-state index contributed by atoms with van der Waals surface area (Å²) in [6.07, 6.45) is 4.62. The molecule has 2 N–H and O–H groups in total. The number of pyridine rings is 1. The van der Waals surface area contributed by atoms with Gasteiger partial charge >= 0.3 is 0 Å². The van der Waals surface area contributed by atoms with Crippen LogP contribution < -0.4 is 15.5 Å². The number of nitrogens with one attached hydrogen (secondary N) is 2. The molecule has 180 valence electrons. The zero-order valence-electron chi connectivity index (χ0n) is 20.3. The second kappa shape index (κ2) is 9.06. The van der Waals surface area contributed by atoms with Crippen molar-refractivity contribution in [2.45, 2.75) is 46.2 Å². The lowest BCUT2D eigenvalue weighted by Crippen LogP contribution is -2.41. The molecule has 1 aliphatic carbocycles. The van der Waals surface area contributed by atoms with E-state index in [1.807, 2.05) is 60.4 Å². The molecule has 7 nitrogen and oxygen atoms in total. The summed E-state index contributed by atoms with van der Waals surface area (Å²) in [6, 6.07) is 14.9. The number of hydrogen-bond donors (Lipinski definition) is 2. The van der Waals surface area contributed by atoms with Crippen LogP contribution in [0.3, 0.4) is 0 Å². The van der Waals surface area contributed by atoms with Crippen molar-refractivity contribution in [3.63, 3.8) is 0 Å². The predicted molar refractivity (Wildman–Crippen MR) is 135 cm³/mol. The number of carbonyl (C=O) groups excluding carboxylic acids is 2. The van der Waals surface area contributed by atoms with Crippen molar-refractivity contribution in [1.29, 1.82) is 0 Å². The van der Waals surface area contributed by atoms with Gasteiger partial charge in [-0.2, -0.15) is 0 Å². The number of rotatable bonds is 5. The largest absolute Gasteiger partial charge is 0.464 e. The molecule has 1 unspecified atom stereocenters. The van der Waals surface area contributed by atoms with E-state index in [0.29, 0.717) is 24.3 Å². The highest BCUT2D eigenvalue weighted by Crippen LogP contribution is 2.48. The molecule has 0 saturated carbocycles. The quantitative estimate of drug-likeness (QED) is 0.551. The van der Waals surface area contributed by atoms with Gasteiger partial charge in [0.25, 0.3) is 0 Å². The molecule has 3 aromatic rings. The number of ketones is 1. The molecule has 35 heavy (non-hydrogen) atoms. The Hall–Kier alpha value is -3.87. The average Bonchev–Trinajstić information content (AvgIpc) is 3.19. The lowest BCUT2D eigenvalue weighted by atomic mass is 9.74. The summed E-state index contributed by atoms with van der Waals surface area (Å²) in [4.78, 5) is 32.9. The molecule has 0 fully saturated rings. The number of benzene rings is 1. The highest BCUT2D eigenvalue weighted by Gasteiger charge is 2.43.